The van der Waals surface area contributed by atoms with E-state index < -0.39 is 29.4 Å². The lowest BCUT2D eigenvalue weighted by Gasteiger charge is -2.32. The number of hydrogen-bond donors (Lipinski definition) is 3. The van der Waals surface area contributed by atoms with E-state index in [1.807, 2.05) is 12.1 Å². The summed E-state index contributed by atoms with van der Waals surface area (Å²) in [5, 5.41) is 2.38. The van der Waals surface area contributed by atoms with E-state index in [4.69, 9.17) is 4.74 Å². The summed E-state index contributed by atoms with van der Waals surface area (Å²) in [4.78, 5) is 15.0. The van der Waals surface area contributed by atoms with Crippen molar-refractivity contribution >= 4 is 11.6 Å². The van der Waals surface area contributed by atoms with Crippen LogP contribution in [0.1, 0.15) is 12.5 Å². The van der Waals surface area contributed by atoms with Gasteiger partial charge in [0.05, 0.1) is 12.8 Å². The van der Waals surface area contributed by atoms with Crippen LogP contribution in [0.3, 0.4) is 0 Å². The molecule has 3 N–H and O–H groups in total. The van der Waals surface area contributed by atoms with E-state index in [2.05, 4.69) is 17.4 Å². The third-order valence-corrected chi connectivity index (χ3v) is 5.51. The van der Waals surface area contributed by atoms with Crippen molar-refractivity contribution in [3.63, 3.8) is 0 Å². The summed E-state index contributed by atoms with van der Waals surface area (Å²) in [6, 6.07) is 9.40. The quantitative estimate of drug-likeness (QED) is 0.606. The Hall–Kier alpha value is -2.58. The van der Waals surface area contributed by atoms with E-state index in [-0.39, 0.29) is 5.69 Å². The lowest BCUT2D eigenvalue weighted by molar-refractivity contribution is -1.02. The second-order valence-corrected chi connectivity index (χ2v) is 7.37. The van der Waals surface area contributed by atoms with Gasteiger partial charge in [0.15, 0.2) is 23.5 Å². The molecule has 5 nitrogen and oxygen atoms in total. The highest BCUT2D eigenvalue weighted by Crippen LogP contribution is 2.19. The Morgan fingerprint density at radius 1 is 1.03 bits per heavy atom. The molecule has 156 valence electrons. The molecule has 1 amide bonds. The molecule has 0 saturated carbocycles. The van der Waals surface area contributed by atoms with Crippen LogP contribution < -0.4 is 19.9 Å². The number of benzene rings is 2. The third-order valence-electron chi connectivity index (χ3n) is 5.51. The standard InChI is InChI=1S/C21H24F3N3O2/c1-14(21(28)25-18-8-7-17(22)19(23)20(18)24)27-11-9-26(10-12-27)13-15-3-5-16(29-2)6-4-15/h3-8,14H,9-13H2,1-2H3,(H,25,28)/p+2/t14-/m0/s1. The molecule has 0 bridgehead atoms. The van der Waals surface area contributed by atoms with E-state index in [9.17, 15) is 18.0 Å². The van der Waals surface area contributed by atoms with Gasteiger partial charge in [-0.15, -0.1) is 0 Å². The van der Waals surface area contributed by atoms with Crippen molar-refractivity contribution in [1.82, 2.24) is 0 Å². The van der Waals surface area contributed by atoms with Gasteiger partial charge in [-0.2, -0.15) is 0 Å². The van der Waals surface area contributed by atoms with Gasteiger partial charge in [0, 0.05) is 5.56 Å². The molecule has 3 rings (SSSR count). The highest BCUT2D eigenvalue weighted by Gasteiger charge is 2.31. The molecular formula is C21H26F3N3O2+2. The van der Waals surface area contributed by atoms with Crippen molar-refractivity contribution in [2.24, 2.45) is 0 Å². The molecule has 1 atom stereocenters. The zero-order valence-electron chi connectivity index (χ0n) is 16.5. The molecule has 2 aromatic carbocycles. The predicted molar refractivity (Wildman–Crippen MR) is 102 cm³/mol. The molecule has 0 aliphatic carbocycles. The zero-order valence-corrected chi connectivity index (χ0v) is 16.5. The van der Waals surface area contributed by atoms with Crippen LogP contribution in [0.2, 0.25) is 0 Å². The summed E-state index contributed by atoms with van der Waals surface area (Å²) in [6.07, 6.45) is 0. The molecule has 0 aromatic heterocycles. The molecular weight excluding hydrogens is 383 g/mol. The third kappa shape index (κ3) is 5.07. The van der Waals surface area contributed by atoms with Crippen LogP contribution in [-0.4, -0.2) is 45.2 Å². The summed E-state index contributed by atoms with van der Waals surface area (Å²) in [7, 11) is 1.64. The van der Waals surface area contributed by atoms with Crippen LogP contribution in [0.4, 0.5) is 18.9 Å². The van der Waals surface area contributed by atoms with Crippen molar-refractivity contribution in [1.29, 1.82) is 0 Å². The highest BCUT2D eigenvalue weighted by molar-refractivity contribution is 5.93. The molecule has 1 aliphatic heterocycles. The molecule has 1 saturated heterocycles. The summed E-state index contributed by atoms with van der Waals surface area (Å²) in [5.74, 6) is -3.83. The van der Waals surface area contributed by atoms with Crippen LogP contribution in [0, 0.1) is 17.5 Å². The average molecular weight is 409 g/mol. The summed E-state index contributed by atoms with van der Waals surface area (Å²) in [6.45, 7) is 6.05. The first kappa shape index (κ1) is 21.1. The Morgan fingerprint density at radius 3 is 2.31 bits per heavy atom. The minimum absolute atomic E-state index is 0.344. The second kappa shape index (κ2) is 9.28. The maximum absolute atomic E-state index is 13.8. The Morgan fingerprint density at radius 2 is 1.69 bits per heavy atom. The first-order valence-electron chi connectivity index (χ1n) is 9.64. The molecule has 1 fully saturated rings. The Balaban J connectivity index is 1.52. The monoisotopic (exact) mass is 409 g/mol. The topological polar surface area (TPSA) is 47.2 Å². The maximum Gasteiger partial charge on any atom is 0.282 e. The largest absolute Gasteiger partial charge is 0.497 e. The van der Waals surface area contributed by atoms with Gasteiger partial charge in [0.25, 0.3) is 5.91 Å². The first-order chi connectivity index (χ1) is 13.9. The minimum atomic E-state index is -1.58. The van der Waals surface area contributed by atoms with E-state index in [1.165, 1.54) is 10.5 Å². The van der Waals surface area contributed by atoms with E-state index >= 15 is 0 Å². The van der Waals surface area contributed by atoms with Crippen molar-refractivity contribution in [3.8, 4) is 5.75 Å². The maximum atomic E-state index is 13.8. The molecule has 8 heteroatoms. The van der Waals surface area contributed by atoms with Gasteiger partial charge in [-0.25, -0.2) is 13.2 Å². The average Bonchev–Trinajstić information content (AvgIpc) is 2.74. The normalized spacial score (nSPS) is 20.2. The lowest BCUT2D eigenvalue weighted by Crippen LogP contribution is -3.29. The van der Waals surface area contributed by atoms with Gasteiger partial charge >= 0.3 is 0 Å². The number of carbonyl (C=O) groups is 1. The van der Waals surface area contributed by atoms with Crippen LogP contribution in [0.5, 0.6) is 5.75 Å². The van der Waals surface area contributed by atoms with Crippen molar-refractivity contribution < 1.29 is 32.5 Å². The molecule has 29 heavy (non-hydrogen) atoms. The molecule has 0 unspecified atom stereocenters. The van der Waals surface area contributed by atoms with Crippen molar-refractivity contribution in [2.45, 2.75) is 19.5 Å². The Kier molecular flexibility index (Phi) is 6.76. The van der Waals surface area contributed by atoms with Crippen LogP contribution >= 0.6 is 0 Å². The zero-order chi connectivity index (χ0) is 21.0. The van der Waals surface area contributed by atoms with Gasteiger partial charge in [0.2, 0.25) is 0 Å². The van der Waals surface area contributed by atoms with Gasteiger partial charge in [-0.1, -0.05) is 0 Å². The number of piperazine rings is 1. The molecule has 0 spiro atoms. The fourth-order valence-corrected chi connectivity index (χ4v) is 3.62. The fourth-order valence-electron chi connectivity index (χ4n) is 3.62. The van der Waals surface area contributed by atoms with Crippen molar-refractivity contribution in [3.05, 3.63) is 59.4 Å². The summed E-state index contributed by atoms with van der Waals surface area (Å²) >= 11 is 0. The number of nitrogens with one attached hydrogen (secondary N) is 3. The van der Waals surface area contributed by atoms with E-state index in [0.29, 0.717) is 0 Å². The van der Waals surface area contributed by atoms with Crippen LogP contribution in [-0.2, 0) is 11.3 Å². The Bertz CT molecular complexity index is 853. The highest BCUT2D eigenvalue weighted by atomic mass is 19.2. The summed E-state index contributed by atoms with van der Waals surface area (Å²) < 4.78 is 45.3. The molecule has 1 aliphatic rings. The summed E-state index contributed by atoms with van der Waals surface area (Å²) in [5.41, 5.74) is 0.882. The fraction of sp³-hybridized carbons (Fsp3) is 0.381. The number of anilines is 1. The van der Waals surface area contributed by atoms with Crippen molar-refractivity contribution in [2.75, 3.05) is 38.6 Å². The van der Waals surface area contributed by atoms with E-state index in [1.54, 1.807) is 14.0 Å². The van der Waals surface area contributed by atoms with Crippen LogP contribution in [0.15, 0.2) is 36.4 Å². The minimum Gasteiger partial charge on any atom is -0.497 e. The number of rotatable bonds is 6. The van der Waals surface area contributed by atoms with Gasteiger partial charge in [-0.05, 0) is 43.3 Å². The van der Waals surface area contributed by atoms with Gasteiger partial charge < -0.3 is 19.9 Å². The second-order valence-electron chi connectivity index (χ2n) is 7.37. The number of amides is 1. The smallest absolute Gasteiger partial charge is 0.282 e. The number of hydrogen-bond acceptors (Lipinski definition) is 2. The number of quaternary nitrogens is 2. The number of halogens is 3. The van der Waals surface area contributed by atoms with Gasteiger partial charge in [-0.3, -0.25) is 4.79 Å². The lowest BCUT2D eigenvalue weighted by atomic mass is 10.1. The number of ether oxygens (including phenoxy) is 1. The molecule has 1 heterocycles. The SMILES string of the molecule is COc1ccc(C[NH+]2CC[NH+]([C@@H](C)C(=O)Nc3ccc(F)c(F)c3F)CC2)cc1. The molecule has 0 radical (unpaired) electrons. The first-order valence-corrected chi connectivity index (χ1v) is 9.64. The van der Waals surface area contributed by atoms with E-state index in [0.717, 1.165) is 55.5 Å². The number of carbonyl (C=O) groups excluding carboxylic acids is 1. The predicted octanol–water partition coefficient (Wildman–Crippen LogP) is 0.423. The molecule has 2 aromatic rings. The van der Waals surface area contributed by atoms with Gasteiger partial charge in [0.1, 0.15) is 38.5 Å². The number of methoxy groups -OCH3 is 1. The Labute approximate surface area is 168 Å². The van der Waals surface area contributed by atoms with Crippen LogP contribution in [0.25, 0.3) is 0 Å².